The highest BCUT2D eigenvalue weighted by molar-refractivity contribution is 5.66. The van der Waals surface area contributed by atoms with E-state index in [2.05, 4.69) is 11.1 Å². The molecule has 1 aromatic heterocycles. The molecule has 39 heavy (non-hydrogen) atoms. The molecule has 4 aromatic rings. The quantitative estimate of drug-likeness (QED) is 0.329. The first-order valence-electron chi connectivity index (χ1n) is 14.1. The maximum atomic E-state index is 14.1. The number of hydrogen-bond acceptors (Lipinski definition) is 4. The molecule has 198 valence electrons. The Morgan fingerprint density at radius 1 is 0.923 bits per heavy atom. The molecule has 0 unspecified atom stereocenters. The third-order valence-corrected chi connectivity index (χ3v) is 9.23. The lowest BCUT2D eigenvalue weighted by atomic mass is 9.69. The van der Waals surface area contributed by atoms with E-state index in [9.17, 15) is 9.90 Å². The molecular weight excluding hydrogens is 484 g/mol. The summed E-state index contributed by atoms with van der Waals surface area (Å²) in [6, 6.07) is 22.2. The second-order valence-corrected chi connectivity index (χ2v) is 11.8. The van der Waals surface area contributed by atoms with E-state index in [1.165, 1.54) is 6.42 Å². The van der Waals surface area contributed by atoms with Crippen LogP contribution in [-0.4, -0.2) is 15.1 Å². The first kappa shape index (κ1) is 24.3. The monoisotopic (exact) mass is 518 g/mol. The maximum Gasteiger partial charge on any atom is 0.255 e. The second kappa shape index (κ2) is 8.65. The Hall–Kier alpha value is -3.70. The van der Waals surface area contributed by atoms with Crippen LogP contribution in [0.15, 0.2) is 71.5 Å². The van der Waals surface area contributed by atoms with Crippen LogP contribution in [0.4, 0.5) is 0 Å². The minimum atomic E-state index is -1.65. The second-order valence-electron chi connectivity index (χ2n) is 11.8. The zero-order valence-electron chi connectivity index (χ0n) is 22.8. The topological polar surface area (TPSA) is 75.2 Å². The number of aliphatic hydroxyl groups is 1. The fourth-order valence-electron chi connectivity index (χ4n) is 7.57. The van der Waals surface area contributed by atoms with Gasteiger partial charge in [0, 0.05) is 17.0 Å². The molecule has 0 spiro atoms. The average Bonchev–Trinajstić information content (AvgIpc) is 3.32. The summed E-state index contributed by atoms with van der Waals surface area (Å²) in [5.74, 6) is 0.969. The number of ether oxygens (including phenoxy) is 1. The highest BCUT2D eigenvalue weighted by atomic mass is 16.5. The number of benzene rings is 3. The number of fused-ring (bicyclic) bond motifs is 5. The van der Waals surface area contributed by atoms with Crippen molar-refractivity contribution in [2.75, 3.05) is 0 Å². The van der Waals surface area contributed by atoms with E-state index in [-0.39, 0.29) is 11.5 Å². The number of H-pyrrole nitrogens is 1. The number of aromatic nitrogens is 2. The Balaban J connectivity index is 1.60. The lowest BCUT2D eigenvalue weighted by Gasteiger charge is -2.40. The Morgan fingerprint density at radius 3 is 2.36 bits per heavy atom. The van der Waals surface area contributed by atoms with E-state index in [0.29, 0.717) is 28.4 Å². The molecule has 0 radical (unpaired) electrons. The third-order valence-electron chi connectivity index (χ3n) is 9.23. The van der Waals surface area contributed by atoms with Crippen LogP contribution in [0, 0.1) is 20.8 Å². The van der Waals surface area contributed by atoms with E-state index in [0.717, 1.165) is 53.5 Å². The Morgan fingerprint density at radius 2 is 1.64 bits per heavy atom. The smallest absolute Gasteiger partial charge is 0.255 e. The molecule has 3 aliphatic rings. The van der Waals surface area contributed by atoms with Gasteiger partial charge >= 0.3 is 0 Å². The van der Waals surface area contributed by atoms with Gasteiger partial charge < -0.3 is 14.8 Å². The molecular formula is C34H34N2O3. The molecule has 1 fully saturated rings. The highest BCUT2D eigenvalue weighted by Crippen LogP contribution is 2.68. The fraction of sp³-hybridized carbons (Fsp3) is 0.353. The third kappa shape index (κ3) is 3.29. The van der Waals surface area contributed by atoms with Gasteiger partial charge in [-0.1, -0.05) is 85.5 Å². The van der Waals surface area contributed by atoms with Crippen LogP contribution in [-0.2, 0) is 11.2 Å². The molecule has 1 aliphatic heterocycles. The van der Waals surface area contributed by atoms with Gasteiger partial charge in [-0.3, -0.25) is 4.79 Å². The predicted octanol–water partition coefficient (Wildman–Crippen LogP) is 6.41. The SMILES string of the molecule is Cc1ccc([C@@]23Oc4cc(C)cc(C)c4[C@]2(O)c2nc(C4CCCCC4)[nH]c(=O)c2[C@H]3c2ccccc2)cc1. The van der Waals surface area contributed by atoms with E-state index in [1.807, 2.05) is 81.4 Å². The van der Waals surface area contributed by atoms with Crippen LogP contribution < -0.4 is 10.3 Å². The number of aryl methyl sites for hydroxylation is 3. The molecule has 5 nitrogen and oxygen atoms in total. The predicted molar refractivity (Wildman–Crippen MR) is 151 cm³/mol. The van der Waals surface area contributed by atoms with Crippen molar-refractivity contribution in [3.05, 3.63) is 128 Å². The van der Waals surface area contributed by atoms with Gasteiger partial charge in [0.1, 0.15) is 11.6 Å². The minimum Gasteiger partial charge on any atom is -0.477 e. The molecule has 0 bridgehead atoms. The van der Waals surface area contributed by atoms with Crippen molar-refractivity contribution in [3.63, 3.8) is 0 Å². The Bertz CT molecular complexity index is 1640. The summed E-state index contributed by atoms with van der Waals surface area (Å²) >= 11 is 0. The largest absolute Gasteiger partial charge is 0.477 e. The highest BCUT2D eigenvalue weighted by Gasteiger charge is 2.73. The molecule has 0 saturated heterocycles. The fourth-order valence-corrected chi connectivity index (χ4v) is 7.57. The summed E-state index contributed by atoms with van der Waals surface area (Å²) in [5.41, 5.74) is 3.36. The van der Waals surface area contributed by atoms with E-state index in [4.69, 9.17) is 9.72 Å². The van der Waals surface area contributed by atoms with Crippen molar-refractivity contribution in [2.24, 2.45) is 0 Å². The average molecular weight is 519 g/mol. The molecule has 2 heterocycles. The van der Waals surface area contributed by atoms with Crippen molar-refractivity contribution in [3.8, 4) is 5.75 Å². The van der Waals surface area contributed by atoms with E-state index in [1.54, 1.807) is 0 Å². The summed E-state index contributed by atoms with van der Waals surface area (Å²) in [6.45, 7) is 6.11. The Kier molecular flexibility index (Phi) is 5.40. The van der Waals surface area contributed by atoms with Crippen molar-refractivity contribution in [1.29, 1.82) is 0 Å². The molecule has 5 heteroatoms. The van der Waals surface area contributed by atoms with Gasteiger partial charge in [-0.2, -0.15) is 0 Å². The number of nitrogens with zero attached hydrogens (tertiary/aromatic N) is 1. The first-order chi connectivity index (χ1) is 18.8. The summed E-state index contributed by atoms with van der Waals surface area (Å²) in [7, 11) is 0. The van der Waals surface area contributed by atoms with Gasteiger partial charge in [0.05, 0.1) is 17.2 Å². The van der Waals surface area contributed by atoms with Crippen molar-refractivity contribution >= 4 is 0 Å². The standard InChI is InChI=1S/C34H34N2O3/c1-20-14-16-25(17-15-20)34-29(23-10-6-4-7-11-23)27-30(35-31(36-32(27)37)24-12-8-5-9-13-24)33(34,38)28-22(3)18-21(2)19-26(28)39-34/h4,6-7,10-11,14-19,24,29,38H,5,8-9,12-13H2,1-3H3,(H,35,36,37)/t29-,33+,34+/m1/s1. The molecule has 0 amide bonds. The Labute approximate surface area is 228 Å². The molecule has 3 atom stereocenters. The van der Waals surface area contributed by atoms with Gasteiger partial charge in [-0.25, -0.2) is 4.98 Å². The zero-order chi connectivity index (χ0) is 26.9. The van der Waals surface area contributed by atoms with Crippen molar-refractivity contribution in [2.45, 2.75) is 75.9 Å². The maximum absolute atomic E-state index is 14.1. The first-order valence-corrected chi connectivity index (χ1v) is 14.1. The van der Waals surface area contributed by atoms with Crippen molar-refractivity contribution < 1.29 is 9.84 Å². The summed E-state index contributed by atoms with van der Waals surface area (Å²) in [5, 5.41) is 13.3. The van der Waals surface area contributed by atoms with Gasteiger partial charge in [0.15, 0.2) is 11.2 Å². The summed E-state index contributed by atoms with van der Waals surface area (Å²) < 4.78 is 7.06. The molecule has 2 N–H and O–H groups in total. The number of aromatic amines is 1. The van der Waals surface area contributed by atoms with E-state index >= 15 is 0 Å². The zero-order valence-corrected chi connectivity index (χ0v) is 22.8. The van der Waals surface area contributed by atoms with Crippen LogP contribution in [0.25, 0.3) is 0 Å². The number of nitrogens with one attached hydrogen (secondary N) is 1. The number of rotatable bonds is 3. The van der Waals surface area contributed by atoms with Crippen LogP contribution in [0.3, 0.4) is 0 Å². The van der Waals surface area contributed by atoms with Crippen LogP contribution in [0.5, 0.6) is 5.75 Å². The summed E-state index contributed by atoms with van der Waals surface area (Å²) in [4.78, 5) is 22.5. The van der Waals surface area contributed by atoms with Gasteiger partial charge in [0.25, 0.3) is 5.56 Å². The van der Waals surface area contributed by atoms with Gasteiger partial charge in [0.2, 0.25) is 0 Å². The lowest BCUT2D eigenvalue weighted by molar-refractivity contribution is -0.0907. The van der Waals surface area contributed by atoms with Crippen LogP contribution in [0.1, 0.15) is 94.4 Å². The van der Waals surface area contributed by atoms with E-state index < -0.39 is 17.1 Å². The minimum absolute atomic E-state index is 0.182. The molecule has 1 saturated carbocycles. The molecule has 7 rings (SSSR count). The van der Waals surface area contributed by atoms with Crippen LogP contribution in [0.2, 0.25) is 0 Å². The summed E-state index contributed by atoms with van der Waals surface area (Å²) in [6.07, 6.45) is 5.45. The normalized spacial score (nSPS) is 25.6. The lowest BCUT2D eigenvalue weighted by Crippen LogP contribution is -2.49. The number of hydrogen-bond donors (Lipinski definition) is 2. The van der Waals surface area contributed by atoms with Gasteiger partial charge in [-0.15, -0.1) is 0 Å². The molecule has 2 aliphatic carbocycles. The van der Waals surface area contributed by atoms with Crippen molar-refractivity contribution in [1.82, 2.24) is 9.97 Å². The van der Waals surface area contributed by atoms with Crippen LogP contribution >= 0.6 is 0 Å². The molecule has 3 aromatic carbocycles. The van der Waals surface area contributed by atoms with Gasteiger partial charge in [-0.05, 0) is 56.4 Å².